The molecule has 2 aromatic carbocycles. The fourth-order valence-electron chi connectivity index (χ4n) is 1.84. The summed E-state index contributed by atoms with van der Waals surface area (Å²) < 4.78 is 6.25. The Balaban J connectivity index is 2.21. The molecule has 0 saturated heterocycles. The van der Waals surface area contributed by atoms with Crippen LogP contribution in [-0.2, 0) is 0 Å². The smallest absolute Gasteiger partial charge is 0.248 e. The molecule has 1 heterocycles. The van der Waals surface area contributed by atoms with Crippen LogP contribution in [0.1, 0.15) is 0 Å². The molecule has 0 fully saturated rings. The highest BCUT2D eigenvalue weighted by atomic mass is 32.1. The zero-order chi connectivity index (χ0) is 12.4. The van der Waals surface area contributed by atoms with Crippen molar-refractivity contribution in [2.24, 2.45) is 0 Å². The molecular weight excluding hydrogens is 260 g/mol. The highest BCUT2D eigenvalue weighted by molar-refractivity contribution is 7.73. The van der Waals surface area contributed by atoms with Gasteiger partial charge in [0.05, 0.1) is 4.88 Å². The summed E-state index contributed by atoms with van der Waals surface area (Å²) in [6.07, 6.45) is 0. The van der Waals surface area contributed by atoms with Crippen molar-refractivity contribution in [2.75, 3.05) is 0 Å². The van der Waals surface area contributed by atoms with Gasteiger partial charge in [-0.05, 0) is 17.8 Å². The quantitative estimate of drug-likeness (QED) is 0.578. The molecule has 18 heavy (non-hydrogen) atoms. The molecule has 3 heteroatoms. The molecule has 0 atom stereocenters. The molecule has 0 aliphatic rings. The minimum atomic E-state index is 0.563. The van der Waals surface area contributed by atoms with Crippen LogP contribution in [0.2, 0.25) is 0 Å². The third-order valence-corrected chi connectivity index (χ3v) is 3.86. The minimum absolute atomic E-state index is 0.563. The van der Waals surface area contributed by atoms with E-state index >= 15 is 0 Å². The molecule has 1 nitrogen and oxygen atoms in total. The first-order valence-corrected chi connectivity index (χ1v) is 6.82. The Morgan fingerprint density at radius 1 is 0.778 bits per heavy atom. The normalized spacial score (nSPS) is 10.4. The van der Waals surface area contributed by atoms with Crippen molar-refractivity contribution < 1.29 is 4.42 Å². The monoisotopic (exact) mass is 270 g/mol. The fourth-order valence-corrected chi connectivity index (χ4v) is 2.97. The van der Waals surface area contributed by atoms with Crippen LogP contribution in [-0.4, -0.2) is 0 Å². The van der Waals surface area contributed by atoms with Gasteiger partial charge in [0.15, 0.2) is 5.76 Å². The standard InChI is InChI=1S/C15H10OS2/c17-15-16-13(11-7-3-1-4-8-11)14(18-15)12-9-5-2-6-10-12/h1-10H. The summed E-state index contributed by atoms with van der Waals surface area (Å²) in [5, 5.41) is 0. The van der Waals surface area contributed by atoms with Crippen LogP contribution in [0.15, 0.2) is 65.1 Å². The first-order valence-electron chi connectivity index (χ1n) is 5.59. The van der Waals surface area contributed by atoms with Crippen molar-refractivity contribution in [3.63, 3.8) is 0 Å². The zero-order valence-electron chi connectivity index (χ0n) is 9.50. The summed E-state index contributed by atoms with van der Waals surface area (Å²) in [6.45, 7) is 0. The van der Waals surface area contributed by atoms with Crippen LogP contribution >= 0.6 is 23.6 Å². The molecule has 0 radical (unpaired) electrons. The Hall–Kier alpha value is -1.71. The molecule has 0 spiro atoms. The fraction of sp³-hybridized carbons (Fsp3) is 0. The van der Waals surface area contributed by atoms with E-state index in [4.69, 9.17) is 16.6 Å². The second kappa shape index (κ2) is 4.88. The molecule has 0 aliphatic heterocycles. The van der Waals surface area contributed by atoms with Crippen LogP contribution < -0.4 is 0 Å². The Kier molecular flexibility index (Phi) is 3.09. The van der Waals surface area contributed by atoms with E-state index in [0.717, 1.165) is 21.8 Å². The summed E-state index contributed by atoms with van der Waals surface area (Å²) in [5.41, 5.74) is 2.20. The van der Waals surface area contributed by atoms with Crippen molar-refractivity contribution in [3.8, 4) is 21.8 Å². The molecule has 0 aliphatic carbocycles. The van der Waals surface area contributed by atoms with Gasteiger partial charge in [-0.25, -0.2) is 0 Å². The van der Waals surface area contributed by atoms with Crippen LogP contribution in [0, 0.1) is 4.02 Å². The molecule has 88 valence electrons. The van der Waals surface area contributed by atoms with Crippen molar-refractivity contribution >= 4 is 23.6 Å². The Morgan fingerprint density at radius 2 is 1.33 bits per heavy atom. The summed E-state index contributed by atoms with van der Waals surface area (Å²) in [5.74, 6) is 0.858. The van der Waals surface area contributed by atoms with Gasteiger partial charge in [0.2, 0.25) is 4.02 Å². The first-order chi connectivity index (χ1) is 8.84. The summed E-state index contributed by atoms with van der Waals surface area (Å²) in [4.78, 5) is 1.09. The lowest BCUT2D eigenvalue weighted by Gasteiger charge is -2.01. The molecule has 0 amide bonds. The van der Waals surface area contributed by atoms with E-state index in [1.165, 1.54) is 11.3 Å². The molecular formula is C15H10OS2. The van der Waals surface area contributed by atoms with E-state index < -0.39 is 0 Å². The predicted molar refractivity (Wildman–Crippen MR) is 78.3 cm³/mol. The molecule has 1 aromatic heterocycles. The summed E-state index contributed by atoms with van der Waals surface area (Å²) in [6, 6.07) is 20.3. The van der Waals surface area contributed by atoms with Crippen LogP contribution in [0.25, 0.3) is 21.8 Å². The molecule has 3 aromatic rings. The van der Waals surface area contributed by atoms with E-state index in [-0.39, 0.29) is 0 Å². The maximum absolute atomic E-state index is 5.69. The van der Waals surface area contributed by atoms with Gasteiger partial charge >= 0.3 is 0 Å². The van der Waals surface area contributed by atoms with Crippen molar-refractivity contribution in [2.45, 2.75) is 0 Å². The van der Waals surface area contributed by atoms with Crippen molar-refractivity contribution in [1.82, 2.24) is 0 Å². The maximum Gasteiger partial charge on any atom is 0.248 e. The maximum atomic E-state index is 5.69. The highest BCUT2D eigenvalue weighted by Gasteiger charge is 2.12. The van der Waals surface area contributed by atoms with Gasteiger partial charge in [-0.1, -0.05) is 72.0 Å². The van der Waals surface area contributed by atoms with Crippen molar-refractivity contribution in [1.29, 1.82) is 0 Å². The third-order valence-electron chi connectivity index (χ3n) is 2.65. The van der Waals surface area contributed by atoms with Gasteiger partial charge in [0.1, 0.15) is 0 Å². The molecule has 0 bridgehead atoms. The van der Waals surface area contributed by atoms with E-state index in [1.807, 2.05) is 48.5 Å². The van der Waals surface area contributed by atoms with Gasteiger partial charge in [-0.3, -0.25) is 0 Å². The van der Waals surface area contributed by atoms with Crippen molar-refractivity contribution in [3.05, 3.63) is 64.7 Å². The number of hydrogen-bond donors (Lipinski definition) is 0. The lowest BCUT2D eigenvalue weighted by Crippen LogP contribution is -1.77. The van der Waals surface area contributed by atoms with Gasteiger partial charge in [0.25, 0.3) is 0 Å². The lowest BCUT2D eigenvalue weighted by molar-refractivity contribution is 0.575. The Bertz CT molecular complexity index is 636. The zero-order valence-corrected chi connectivity index (χ0v) is 11.1. The summed E-state index contributed by atoms with van der Waals surface area (Å²) in [7, 11) is 0. The summed E-state index contributed by atoms with van der Waals surface area (Å²) >= 11 is 6.68. The average Bonchev–Trinajstić information content (AvgIpc) is 2.83. The Morgan fingerprint density at radius 3 is 1.94 bits per heavy atom. The van der Waals surface area contributed by atoms with Crippen LogP contribution in [0.3, 0.4) is 0 Å². The van der Waals surface area contributed by atoms with Crippen LogP contribution in [0.5, 0.6) is 0 Å². The van der Waals surface area contributed by atoms with Crippen LogP contribution in [0.4, 0.5) is 0 Å². The molecule has 0 unspecified atom stereocenters. The number of rotatable bonds is 2. The topological polar surface area (TPSA) is 13.1 Å². The van der Waals surface area contributed by atoms with E-state index in [0.29, 0.717) is 4.02 Å². The lowest BCUT2D eigenvalue weighted by atomic mass is 10.1. The third kappa shape index (κ3) is 2.15. The minimum Gasteiger partial charge on any atom is -0.435 e. The second-order valence-electron chi connectivity index (χ2n) is 3.84. The second-order valence-corrected chi connectivity index (χ2v) is 5.46. The Labute approximate surface area is 114 Å². The number of hydrogen-bond acceptors (Lipinski definition) is 3. The average molecular weight is 270 g/mol. The first kappa shape index (κ1) is 11.4. The largest absolute Gasteiger partial charge is 0.435 e. The molecule has 0 N–H and O–H groups in total. The van der Waals surface area contributed by atoms with E-state index in [9.17, 15) is 0 Å². The number of benzene rings is 2. The highest BCUT2D eigenvalue weighted by Crippen LogP contribution is 2.37. The van der Waals surface area contributed by atoms with Gasteiger partial charge < -0.3 is 4.42 Å². The van der Waals surface area contributed by atoms with Gasteiger partial charge in [0, 0.05) is 5.56 Å². The van der Waals surface area contributed by atoms with Gasteiger partial charge in [-0.15, -0.1) is 0 Å². The van der Waals surface area contributed by atoms with E-state index in [2.05, 4.69) is 12.1 Å². The molecule has 3 rings (SSSR count). The SMILES string of the molecule is S=c1oc(-c2ccccc2)c(-c2ccccc2)s1. The van der Waals surface area contributed by atoms with E-state index in [1.54, 1.807) is 0 Å². The predicted octanol–water partition coefficient (Wildman–Crippen LogP) is 5.40. The molecule has 0 saturated carbocycles. The van der Waals surface area contributed by atoms with Gasteiger partial charge in [-0.2, -0.15) is 0 Å².